The minimum absolute atomic E-state index is 0. The Balaban J connectivity index is 0.00000288. The lowest BCUT2D eigenvalue weighted by Gasteiger charge is -2.35. The van der Waals surface area contributed by atoms with Crippen LogP contribution in [-0.4, -0.2) is 58.3 Å². The summed E-state index contributed by atoms with van der Waals surface area (Å²) < 4.78 is 66.4. The third-order valence-corrected chi connectivity index (χ3v) is 5.40. The molecule has 1 aliphatic heterocycles. The third-order valence-electron chi connectivity index (χ3n) is 3.82. The Morgan fingerprint density at radius 3 is 2.38 bits per heavy atom. The van der Waals surface area contributed by atoms with Crippen molar-refractivity contribution in [2.45, 2.75) is 24.0 Å². The first-order valence-corrected chi connectivity index (χ1v) is 8.77. The SMILES string of the molecule is Cc1ccccc1S(=O)(=O)NCC(N1CCNCC1)C(F)(F)F.Cl. The number of hydrogen-bond acceptors (Lipinski definition) is 4. The summed E-state index contributed by atoms with van der Waals surface area (Å²) in [6.07, 6.45) is -4.49. The molecule has 0 aromatic heterocycles. The van der Waals surface area contributed by atoms with Crippen molar-refractivity contribution in [2.24, 2.45) is 0 Å². The largest absolute Gasteiger partial charge is 0.405 e. The van der Waals surface area contributed by atoms with Crippen LogP contribution in [0.1, 0.15) is 5.56 Å². The van der Waals surface area contributed by atoms with E-state index in [9.17, 15) is 21.6 Å². The van der Waals surface area contributed by atoms with Gasteiger partial charge in [-0.15, -0.1) is 12.4 Å². The summed E-state index contributed by atoms with van der Waals surface area (Å²) in [5.74, 6) is 0. The predicted molar refractivity (Wildman–Crippen MR) is 87.9 cm³/mol. The van der Waals surface area contributed by atoms with Gasteiger partial charge in [-0.1, -0.05) is 18.2 Å². The minimum atomic E-state index is -4.49. The van der Waals surface area contributed by atoms with Gasteiger partial charge in [0.25, 0.3) is 0 Å². The molecule has 0 aliphatic carbocycles. The second-order valence-electron chi connectivity index (χ2n) is 5.46. The van der Waals surface area contributed by atoms with Crippen LogP contribution in [0.4, 0.5) is 13.2 Å². The number of rotatable bonds is 5. The van der Waals surface area contributed by atoms with E-state index in [1.165, 1.54) is 11.0 Å². The molecular weight excluding hydrogens is 367 g/mol. The number of alkyl halides is 3. The molecule has 1 aromatic rings. The highest BCUT2D eigenvalue weighted by molar-refractivity contribution is 7.89. The number of benzene rings is 1. The Bertz CT molecular complexity index is 634. The Kier molecular flexibility index (Phi) is 7.48. The van der Waals surface area contributed by atoms with E-state index in [0.29, 0.717) is 18.7 Å². The lowest BCUT2D eigenvalue weighted by atomic mass is 10.2. The van der Waals surface area contributed by atoms with Crippen LogP contribution in [0, 0.1) is 6.92 Å². The monoisotopic (exact) mass is 387 g/mol. The van der Waals surface area contributed by atoms with Gasteiger partial charge in [-0.3, -0.25) is 4.90 Å². The Morgan fingerprint density at radius 1 is 1.25 bits per heavy atom. The van der Waals surface area contributed by atoms with Crippen molar-refractivity contribution in [3.8, 4) is 0 Å². The quantitative estimate of drug-likeness (QED) is 0.804. The van der Waals surface area contributed by atoms with E-state index < -0.39 is 28.8 Å². The van der Waals surface area contributed by atoms with Crippen LogP contribution in [0.2, 0.25) is 0 Å². The highest BCUT2D eigenvalue weighted by atomic mass is 35.5. The zero-order chi connectivity index (χ0) is 17.1. The molecule has 0 saturated carbocycles. The van der Waals surface area contributed by atoms with Crippen molar-refractivity contribution in [2.75, 3.05) is 32.7 Å². The summed E-state index contributed by atoms with van der Waals surface area (Å²) >= 11 is 0. The average Bonchev–Trinajstić information content (AvgIpc) is 2.47. The fraction of sp³-hybridized carbons (Fsp3) is 0.571. The zero-order valence-corrected chi connectivity index (χ0v) is 14.8. The van der Waals surface area contributed by atoms with Gasteiger partial charge in [0.15, 0.2) is 0 Å². The van der Waals surface area contributed by atoms with Crippen molar-refractivity contribution in [3.63, 3.8) is 0 Å². The lowest BCUT2D eigenvalue weighted by molar-refractivity contribution is -0.182. The summed E-state index contributed by atoms with van der Waals surface area (Å²) in [5.41, 5.74) is 0.491. The molecule has 0 radical (unpaired) electrons. The van der Waals surface area contributed by atoms with Crippen molar-refractivity contribution in [1.82, 2.24) is 14.9 Å². The molecule has 1 aromatic carbocycles. The molecule has 2 N–H and O–H groups in total. The van der Waals surface area contributed by atoms with Gasteiger partial charge < -0.3 is 5.32 Å². The normalized spacial score (nSPS) is 18.0. The number of halogens is 4. The molecule has 1 saturated heterocycles. The summed E-state index contributed by atoms with van der Waals surface area (Å²) in [7, 11) is -3.98. The summed E-state index contributed by atoms with van der Waals surface area (Å²) in [6, 6.07) is 4.37. The Hall–Kier alpha value is -0.870. The van der Waals surface area contributed by atoms with Gasteiger partial charge >= 0.3 is 6.18 Å². The molecule has 5 nitrogen and oxygen atoms in total. The summed E-state index contributed by atoms with van der Waals surface area (Å²) in [6.45, 7) is 2.28. The average molecular weight is 388 g/mol. The van der Waals surface area contributed by atoms with Crippen LogP contribution >= 0.6 is 12.4 Å². The molecule has 0 bridgehead atoms. The van der Waals surface area contributed by atoms with Crippen molar-refractivity contribution < 1.29 is 21.6 Å². The molecule has 1 fully saturated rings. The topological polar surface area (TPSA) is 61.4 Å². The predicted octanol–water partition coefficient (Wildman–Crippen LogP) is 1.53. The molecule has 1 atom stereocenters. The molecule has 10 heteroatoms. The summed E-state index contributed by atoms with van der Waals surface area (Å²) in [4.78, 5) is 1.26. The number of nitrogens with one attached hydrogen (secondary N) is 2. The maximum absolute atomic E-state index is 13.3. The van der Waals surface area contributed by atoms with E-state index in [1.807, 2.05) is 0 Å². The van der Waals surface area contributed by atoms with Gasteiger partial charge in [-0.05, 0) is 18.6 Å². The van der Waals surface area contributed by atoms with E-state index in [1.54, 1.807) is 25.1 Å². The first-order chi connectivity index (χ1) is 10.7. The smallest absolute Gasteiger partial charge is 0.314 e. The fourth-order valence-corrected chi connectivity index (χ4v) is 3.85. The van der Waals surface area contributed by atoms with Gasteiger partial charge in [0.2, 0.25) is 10.0 Å². The first kappa shape index (κ1) is 21.2. The van der Waals surface area contributed by atoms with Crippen LogP contribution in [0.5, 0.6) is 0 Å². The maximum atomic E-state index is 13.3. The van der Waals surface area contributed by atoms with Crippen molar-refractivity contribution >= 4 is 22.4 Å². The van der Waals surface area contributed by atoms with Crippen LogP contribution in [0.25, 0.3) is 0 Å². The lowest BCUT2D eigenvalue weighted by Crippen LogP contribution is -2.57. The van der Waals surface area contributed by atoms with E-state index >= 15 is 0 Å². The Morgan fingerprint density at radius 2 is 1.83 bits per heavy atom. The van der Waals surface area contributed by atoms with E-state index in [2.05, 4.69) is 10.0 Å². The van der Waals surface area contributed by atoms with Gasteiger partial charge in [-0.25, -0.2) is 13.1 Å². The van der Waals surface area contributed by atoms with Crippen LogP contribution in [0.3, 0.4) is 0 Å². The number of piperazine rings is 1. The summed E-state index contributed by atoms with van der Waals surface area (Å²) in [5, 5.41) is 2.98. The van der Waals surface area contributed by atoms with E-state index in [0.717, 1.165) is 0 Å². The number of hydrogen-bond donors (Lipinski definition) is 2. The fourth-order valence-electron chi connectivity index (χ4n) is 2.57. The number of sulfonamides is 1. The third kappa shape index (κ3) is 5.32. The van der Waals surface area contributed by atoms with Crippen LogP contribution in [0.15, 0.2) is 29.2 Å². The molecule has 1 heterocycles. The van der Waals surface area contributed by atoms with Crippen molar-refractivity contribution in [3.05, 3.63) is 29.8 Å². The molecule has 1 aliphatic rings. The maximum Gasteiger partial charge on any atom is 0.405 e. The number of nitrogens with zero attached hydrogens (tertiary/aromatic N) is 1. The number of aryl methyl sites for hydroxylation is 1. The first-order valence-electron chi connectivity index (χ1n) is 7.28. The van der Waals surface area contributed by atoms with Gasteiger partial charge in [0, 0.05) is 32.7 Å². The molecule has 24 heavy (non-hydrogen) atoms. The highest BCUT2D eigenvalue weighted by Gasteiger charge is 2.44. The molecule has 2 rings (SSSR count). The van der Waals surface area contributed by atoms with Gasteiger partial charge in [0.1, 0.15) is 6.04 Å². The Labute approximate surface area is 146 Å². The molecule has 138 valence electrons. The van der Waals surface area contributed by atoms with Crippen molar-refractivity contribution in [1.29, 1.82) is 0 Å². The molecular formula is C14H21ClF3N3O2S. The van der Waals surface area contributed by atoms with Crippen LogP contribution in [-0.2, 0) is 10.0 Å². The standard InChI is InChI=1S/C14H20F3N3O2S.ClH/c1-11-4-2-3-5-12(11)23(21,22)19-10-13(14(15,16)17)20-8-6-18-7-9-20;/h2-5,13,18-19H,6-10H2,1H3;1H. The highest BCUT2D eigenvalue weighted by Crippen LogP contribution is 2.25. The minimum Gasteiger partial charge on any atom is -0.314 e. The molecule has 1 unspecified atom stereocenters. The van der Waals surface area contributed by atoms with Gasteiger partial charge in [0.05, 0.1) is 4.90 Å². The van der Waals surface area contributed by atoms with E-state index in [-0.39, 0.29) is 30.4 Å². The van der Waals surface area contributed by atoms with E-state index in [4.69, 9.17) is 0 Å². The zero-order valence-electron chi connectivity index (χ0n) is 13.1. The second kappa shape index (κ2) is 8.48. The molecule has 0 amide bonds. The van der Waals surface area contributed by atoms with Gasteiger partial charge in [-0.2, -0.15) is 13.2 Å². The molecule has 0 spiro atoms. The second-order valence-corrected chi connectivity index (χ2v) is 7.20. The van der Waals surface area contributed by atoms with Crippen LogP contribution < -0.4 is 10.0 Å².